The molecule has 0 aliphatic heterocycles. The van der Waals surface area contributed by atoms with Gasteiger partial charge >= 0.3 is 5.97 Å². The lowest BCUT2D eigenvalue weighted by Crippen LogP contribution is -2.41. The Labute approximate surface area is 163 Å². The third-order valence-corrected chi connectivity index (χ3v) is 5.04. The SMILES string of the molecule is C[C@H](CCc1ccccc1)NC(=O)[C@@H](C)OC(=O)CCC(=O)c1cccs1. The van der Waals surface area contributed by atoms with Crippen LogP contribution in [0.5, 0.6) is 0 Å². The fourth-order valence-electron chi connectivity index (χ4n) is 2.55. The van der Waals surface area contributed by atoms with Gasteiger partial charge in [0.25, 0.3) is 5.91 Å². The number of benzene rings is 1. The monoisotopic (exact) mass is 387 g/mol. The normalized spacial score (nSPS) is 12.8. The second kappa shape index (κ2) is 10.6. The van der Waals surface area contributed by atoms with Gasteiger partial charge in [0.05, 0.1) is 11.3 Å². The smallest absolute Gasteiger partial charge is 0.307 e. The van der Waals surface area contributed by atoms with Crippen molar-refractivity contribution in [1.29, 1.82) is 0 Å². The van der Waals surface area contributed by atoms with Crippen LogP contribution in [0.4, 0.5) is 0 Å². The summed E-state index contributed by atoms with van der Waals surface area (Å²) in [6.07, 6.45) is 0.833. The van der Waals surface area contributed by atoms with Crippen LogP contribution in [0.1, 0.15) is 48.3 Å². The quantitative estimate of drug-likeness (QED) is 0.497. The molecular weight excluding hydrogens is 362 g/mol. The molecule has 2 rings (SSSR count). The molecule has 0 aliphatic rings. The summed E-state index contributed by atoms with van der Waals surface area (Å²) in [5.41, 5.74) is 1.22. The summed E-state index contributed by atoms with van der Waals surface area (Å²) in [4.78, 5) is 36.6. The summed E-state index contributed by atoms with van der Waals surface area (Å²) in [6.45, 7) is 3.47. The first-order valence-corrected chi connectivity index (χ1v) is 9.94. The van der Waals surface area contributed by atoms with Gasteiger partial charge in [-0.3, -0.25) is 14.4 Å². The van der Waals surface area contributed by atoms with Crippen LogP contribution >= 0.6 is 11.3 Å². The van der Waals surface area contributed by atoms with Crippen molar-refractivity contribution in [1.82, 2.24) is 5.32 Å². The average Bonchev–Trinajstić information content (AvgIpc) is 3.20. The average molecular weight is 388 g/mol. The van der Waals surface area contributed by atoms with E-state index < -0.39 is 12.1 Å². The summed E-state index contributed by atoms with van der Waals surface area (Å²) in [5.74, 6) is -0.957. The Kier molecular flexibility index (Phi) is 8.20. The van der Waals surface area contributed by atoms with Crippen molar-refractivity contribution in [3.8, 4) is 0 Å². The van der Waals surface area contributed by atoms with Gasteiger partial charge in [0.15, 0.2) is 11.9 Å². The van der Waals surface area contributed by atoms with Crippen molar-refractivity contribution in [3.05, 3.63) is 58.3 Å². The fraction of sp³-hybridized carbons (Fsp3) is 0.381. The zero-order valence-electron chi connectivity index (χ0n) is 15.6. The minimum Gasteiger partial charge on any atom is -0.453 e. The highest BCUT2D eigenvalue weighted by molar-refractivity contribution is 7.12. The van der Waals surface area contributed by atoms with E-state index in [4.69, 9.17) is 4.74 Å². The second-order valence-electron chi connectivity index (χ2n) is 6.47. The van der Waals surface area contributed by atoms with Crippen molar-refractivity contribution in [2.75, 3.05) is 0 Å². The second-order valence-corrected chi connectivity index (χ2v) is 7.41. The molecule has 0 saturated heterocycles. The highest BCUT2D eigenvalue weighted by Crippen LogP contribution is 2.13. The molecule has 27 heavy (non-hydrogen) atoms. The highest BCUT2D eigenvalue weighted by Gasteiger charge is 2.20. The molecule has 0 radical (unpaired) electrons. The Balaban J connectivity index is 1.67. The van der Waals surface area contributed by atoms with Crippen molar-refractivity contribution < 1.29 is 19.1 Å². The molecule has 0 aliphatic carbocycles. The maximum Gasteiger partial charge on any atom is 0.307 e. The summed E-state index contributed by atoms with van der Waals surface area (Å²) in [7, 11) is 0. The topological polar surface area (TPSA) is 72.5 Å². The third-order valence-electron chi connectivity index (χ3n) is 4.13. The lowest BCUT2D eigenvalue weighted by atomic mass is 10.1. The minimum absolute atomic E-state index is 0.0285. The lowest BCUT2D eigenvalue weighted by Gasteiger charge is -2.18. The largest absolute Gasteiger partial charge is 0.453 e. The van der Waals surface area contributed by atoms with Gasteiger partial charge in [-0.05, 0) is 43.7 Å². The van der Waals surface area contributed by atoms with E-state index >= 15 is 0 Å². The summed E-state index contributed by atoms with van der Waals surface area (Å²) < 4.78 is 5.14. The van der Waals surface area contributed by atoms with Crippen LogP contribution in [-0.4, -0.2) is 29.8 Å². The molecule has 1 aromatic heterocycles. The molecule has 144 valence electrons. The number of nitrogens with one attached hydrogen (secondary N) is 1. The van der Waals surface area contributed by atoms with Crippen molar-refractivity contribution in [2.24, 2.45) is 0 Å². The maximum atomic E-state index is 12.2. The molecule has 2 aromatic rings. The minimum atomic E-state index is -0.881. The zero-order valence-corrected chi connectivity index (χ0v) is 16.5. The molecule has 0 unspecified atom stereocenters. The van der Waals surface area contributed by atoms with Crippen molar-refractivity contribution in [2.45, 2.75) is 51.7 Å². The predicted octanol–water partition coefficient (Wildman–Crippen LogP) is 3.78. The van der Waals surface area contributed by atoms with Gasteiger partial charge in [0, 0.05) is 12.5 Å². The molecular formula is C21H25NO4S. The maximum absolute atomic E-state index is 12.2. The van der Waals surface area contributed by atoms with Gasteiger partial charge in [0.2, 0.25) is 0 Å². The molecule has 0 saturated carbocycles. The van der Waals surface area contributed by atoms with Gasteiger partial charge < -0.3 is 10.1 Å². The van der Waals surface area contributed by atoms with Crippen LogP contribution in [0.15, 0.2) is 47.8 Å². The zero-order chi connectivity index (χ0) is 19.6. The molecule has 0 bridgehead atoms. The van der Waals surface area contributed by atoms with E-state index in [0.717, 1.165) is 12.8 Å². The molecule has 2 atom stereocenters. The molecule has 0 spiro atoms. The van der Waals surface area contributed by atoms with Crippen LogP contribution in [0.25, 0.3) is 0 Å². The number of ether oxygens (including phenoxy) is 1. The third kappa shape index (κ3) is 7.35. The van der Waals surface area contributed by atoms with E-state index in [1.54, 1.807) is 12.1 Å². The number of ketones is 1. The number of rotatable bonds is 10. The Bertz CT molecular complexity index is 743. The molecule has 6 heteroatoms. The highest BCUT2D eigenvalue weighted by atomic mass is 32.1. The van der Waals surface area contributed by atoms with Crippen LogP contribution in [0, 0.1) is 0 Å². The first-order valence-electron chi connectivity index (χ1n) is 9.06. The van der Waals surface area contributed by atoms with E-state index in [2.05, 4.69) is 17.4 Å². The van der Waals surface area contributed by atoms with Crippen molar-refractivity contribution in [3.63, 3.8) is 0 Å². The molecule has 1 heterocycles. The number of aryl methyl sites for hydroxylation is 1. The standard InChI is InChI=1S/C21H25NO4S/c1-15(10-11-17-7-4-3-5-8-17)22-21(25)16(2)26-20(24)13-12-18(23)19-9-6-14-27-19/h3-9,14-16H,10-13H2,1-2H3,(H,22,25)/t15-,16-/m1/s1. The first-order chi connectivity index (χ1) is 13.0. The number of hydrogen-bond acceptors (Lipinski definition) is 5. The number of amides is 1. The van der Waals surface area contributed by atoms with E-state index in [1.165, 1.54) is 23.8 Å². The van der Waals surface area contributed by atoms with Gasteiger partial charge in [-0.25, -0.2) is 0 Å². The summed E-state index contributed by atoms with van der Waals surface area (Å²) in [6, 6.07) is 13.5. The van der Waals surface area contributed by atoms with Crippen molar-refractivity contribution >= 4 is 29.0 Å². The Hall–Kier alpha value is -2.47. The fourth-order valence-corrected chi connectivity index (χ4v) is 3.24. The molecule has 5 nitrogen and oxygen atoms in total. The number of esters is 1. The van der Waals surface area contributed by atoms with Crippen LogP contribution in [0.3, 0.4) is 0 Å². The Morgan fingerprint density at radius 2 is 1.78 bits per heavy atom. The van der Waals surface area contributed by atoms with Crippen LogP contribution < -0.4 is 5.32 Å². The van der Waals surface area contributed by atoms with Gasteiger partial charge in [-0.2, -0.15) is 0 Å². The van der Waals surface area contributed by atoms with Gasteiger partial charge in [0.1, 0.15) is 0 Å². The number of Topliss-reactive ketones (excluding diaryl/α,β-unsaturated/α-hetero) is 1. The summed E-state index contributed by atoms with van der Waals surface area (Å²) in [5, 5.41) is 4.68. The summed E-state index contributed by atoms with van der Waals surface area (Å²) >= 11 is 1.35. The van der Waals surface area contributed by atoms with Gasteiger partial charge in [-0.15, -0.1) is 11.3 Å². The lowest BCUT2D eigenvalue weighted by molar-refractivity contribution is -0.155. The number of carbonyl (C=O) groups is 3. The predicted molar refractivity (Wildman–Crippen MR) is 106 cm³/mol. The Morgan fingerprint density at radius 1 is 1.04 bits per heavy atom. The van der Waals surface area contributed by atoms with E-state index in [9.17, 15) is 14.4 Å². The van der Waals surface area contributed by atoms with E-state index in [0.29, 0.717) is 4.88 Å². The molecule has 0 fully saturated rings. The van der Waals surface area contributed by atoms with Crippen LogP contribution in [0.2, 0.25) is 0 Å². The first kappa shape index (κ1) is 20.8. The molecule has 1 aromatic carbocycles. The molecule has 1 N–H and O–H groups in total. The van der Waals surface area contributed by atoms with Gasteiger partial charge in [-0.1, -0.05) is 36.4 Å². The van der Waals surface area contributed by atoms with E-state index in [-0.39, 0.29) is 30.6 Å². The van der Waals surface area contributed by atoms with E-state index in [1.807, 2.05) is 30.5 Å². The van der Waals surface area contributed by atoms with Crippen LogP contribution in [-0.2, 0) is 20.7 Å². The number of thiophene rings is 1. The number of hydrogen-bond donors (Lipinski definition) is 1. The Morgan fingerprint density at radius 3 is 2.44 bits per heavy atom. The number of carbonyl (C=O) groups excluding carboxylic acids is 3. The molecule has 1 amide bonds.